The number of nitrogens with two attached hydrogens (primary N) is 1. The maximum atomic E-state index is 13.4. The first-order valence-electron chi connectivity index (χ1n) is 4.36. The van der Waals surface area contributed by atoms with E-state index in [-0.39, 0.29) is 6.54 Å². The number of halogens is 1. The molecular formula is C10H12FNO2S. The summed E-state index contributed by atoms with van der Waals surface area (Å²) in [5, 5.41) is 8.84. The summed E-state index contributed by atoms with van der Waals surface area (Å²) in [5.74, 6) is -2.27. The fourth-order valence-electron chi connectivity index (χ4n) is 1.28. The molecule has 1 aromatic carbocycles. The van der Waals surface area contributed by atoms with Crippen molar-refractivity contribution < 1.29 is 14.3 Å². The summed E-state index contributed by atoms with van der Waals surface area (Å²) in [6.07, 6.45) is 1.76. The lowest BCUT2D eigenvalue weighted by Crippen LogP contribution is -2.21. The molecule has 82 valence electrons. The van der Waals surface area contributed by atoms with Gasteiger partial charge in [-0.05, 0) is 24.0 Å². The molecule has 3 nitrogen and oxygen atoms in total. The Morgan fingerprint density at radius 2 is 2.33 bits per heavy atom. The maximum absolute atomic E-state index is 13.4. The topological polar surface area (TPSA) is 63.3 Å². The SMILES string of the molecule is CSc1ccc(C(CN)C(=O)O)cc1F. The van der Waals surface area contributed by atoms with Gasteiger partial charge >= 0.3 is 5.97 Å². The van der Waals surface area contributed by atoms with Crippen molar-refractivity contribution in [2.75, 3.05) is 12.8 Å². The first-order chi connectivity index (χ1) is 7.10. The lowest BCUT2D eigenvalue weighted by Gasteiger charge is -2.10. The van der Waals surface area contributed by atoms with Crippen molar-refractivity contribution in [3.63, 3.8) is 0 Å². The molecule has 0 radical (unpaired) electrons. The van der Waals surface area contributed by atoms with Crippen molar-refractivity contribution >= 4 is 17.7 Å². The Kier molecular flexibility index (Phi) is 4.11. The molecule has 0 bridgehead atoms. The van der Waals surface area contributed by atoms with Crippen molar-refractivity contribution in [3.05, 3.63) is 29.6 Å². The summed E-state index contributed by atoms with van der Waals surface area (Å²) in [4.78, 5) is 11.3. The Hall–Kier alpha value is -1.07. The van der Waals surface area contributed by atoms with Gasteiger partial charge in [0.2, 0.25) is 0 Å². The minimum Gasteiger partial charge on any atom is -0.481 e. The summed E-state index contributed by atoms with van der Waals surface area (Å²) in [6, 6.07) is 4.40. The molecule has 0 aliphatic rings. The zero-order valence-corrected chi connectivity index (χ0v) is 9.05. The van der Waals surface area contributed by atoms with Gasteiger partial charge in [-0.2, -0.15) is 0 Å². The Morgan fingerprint density at radius 1 is 1.67 bits per heavy atom. The molecule has 0 saturated carbocycles. The molecule has 0 fully saturated rings. The van der Waals surface area contributed by atoms with E-state index in [2.05, 4.69) is 0 Å². The van der Waals surface area contributed by atoms with E-state index in [1.807, 2.05) is 0 Å². The van der Waals surface area contributed by atoms with E-state index in [0.717, 1.165) is 0 Å². The molecule has 1 rings (SSSR count). The molecule has 1 atom stereocenters. The van der Waals surface area contributed by atoms with E-state index in [4.69, 9.17) is 10.8 Å². The third-order valence-corrected chi connectivity index (χ3v) is 2.88. The molecule has 3 N–H and O–H groups in total. The number of hydrogen-bond acceptors (Lipinski definition) is 3. The third-order valence-electron chi connectivity index (χ3n) is 2.11. The van der Waals surface area contributed by atoms with Crippen molar-refractivity contribution in [3.8, 4) is 0 Å². The Bertz CT molecular complexity index is 370. The minimum atomic E-state index is -1.03. The number of carboxylic acid groups (broad SMARTS) is 1. The molecule has 0 aliphatic carbocycles. The van der Waals surface area contributed by atoms with Crippen LogP contribution in [0.3, 0.4) is 0 Å². The second-order valence-electron chi connectivity index (χ2n) is 3.02. The highest BCUT2D eigenvalue weighted by molar-refractivity contribution is 7.98. The van der Waals surface area contributed by atoms with Crippen LogP contribution in [0.25, 0.3) is 0 Å². The van der Waals surface area contributed by atoms with E-state index in [1.165, 1.54) is 17.8 Å². The number of carboxylic acids is 1. The van der Waals surface area contributed by atoms with Gasteiger partial charge in [-0.1, -0.05) is 6.07 Å². The lowest BCUT2D eigenvalue weighted by atomic mass is 9.99. The molecule has 5 heteroatoms. The lowest BCUT2D eigenvalue weighted by molar-refractivity contribution is -0.138. The number of rotatable bonds is 4. The first-order valence-corrected chi connectivity index (χ1v) is 5.59. The summed E-state index contributed by atoms with van der Waals surface area (Å²) in [5.41, 5.74) is 5.72. The zero-order valence-electron chi connectivity index (χ0n) is 8.24. The smallest absolute Gasteiger partial charge is 0.312 e. The van der Waals surface area contributed by atoms with E-state index < -0.39 is 17.7 Å². The van der Waals surface area contributed by atoms with E-state index in [1.54, 1.807) is 18.4 Å². The molecule has 0 amide bonds. The van der Waals surface area contributed by atoms with Gasteiger partial charge in [0.05, 0.1) is 5.92 Å². The van der Waals surface area contributed by atoms with Crippen LogP contribution in [0.1, 0.15) is 11.5 Å². The van der Waals surface area contributed by atoms with Gasteiger partial charge in [0.15, 0.2) is 0 Å². The van der Waals surface area contributed by atoms with E-state index >= 15 is 0 Å². The summed E-state index contributed by atoms with van der Waals surface area (Å²) in [6.45, 7) is -0.0343. The van der Waals surface area contributed by atoms with Gasteiger partial charge in [-0.3, -0.25) is 4.79 Å². The van der Waals surface area contributed by atoms with E-state index in [9.17, 15) is 9.18 Å². The quantitative estimate of drug-likeness (QED) is 0.771. The number of hydrogen-bond donors (Lipinski definition) is 2. The predicted octanol–water partition coefficient (Wildman–Crippen LogP) is 1.67. The summed E-state index contributed by atoms with van der Waals surface area (Å²) >= 11 is 1.28. The molecule has 1 aromatic rings. The number of aliphatic carboxylic acids is 1. The fourth-order valence-corrected chi connectivity index (χ4v) is 1.74. The highest BCUT2D eigenvalue weighted by Gasteiger charge is 2.18. The largest absolute Gasteiger partial charge is 0.481 e. The molecule has 0 aliphatic heterocycles. The van der Waals surface area contributed by atoms with Crippen LogP contribution < -0.4 is 5.73 Å². The van der Waals surface area contributed by atoms with Crippen LogP contribution in [0.5, 0.6) is 0 Å². The van der Waals surface area contributed by atoms with Crippen molar-refractivity contribution in [2.24, 2.45) is 5.73 Å². The van der Waals surface area contributed by atoms with Crippen LogP contribution in [0.4, 0.5) is 4.39 Å². The van der Waals surface area contributed by atoms with Gasteiger partial charge in [0, 0.05) is 11.4 Å². The monoisotopic (exact) mass is 229 g/mol. The van der Waals surface area contributed by atoms with Gasteiger partial charge in [0.1, 0.15) is 5.82 Å². The fraction of sp³-hybridized carbons (Fsp3) is 0.300. The molecule has 0 aromatic heterocycles. The average molecular weight is 229 g/mol. The second kappa shape index (κ2) is 5.14. The molecule has 15 heavy (non-hydrogen) atoms. The molecular weight excluding hydrogens is 217 g/mol. The third kappa shape index (κ3) is 2.70. The molecule has 1 unspecified atom stereocenters. The van der Waals surface area contributed by atoms with Crippen LogP contribution in [0, 0.1) is 5.82 Å². The Morgan fingerprint density at radius 3 is 2.73 bits per heavy atom. The van der Waals surface area contributed by atoms with Gasteiger partial charge < -0.3 is 10.8 Å². The number of thioether (sulfide) groups is 1. The van der Waals surface area contributed by atoms with Crippen LogP contribution >= 0.6 is 11.8 Å². The Balaban J connectivity index is 3.05. The maximum Gasteiger partial charge on any atom is 0.312 e. The van der Waals surface area contributed by atoms with Gasteiger partial charge in [0.25, 0.3) is 0 Å². The highest BCUT2D eigenvalue weighted by Crippen LogP contribution is 2.23. The van der Waals surface area contributed by atoms with E-state index in [0.29, 0.717) is 10.5 Å². The minimum absolute atomic E-state index is 0.0343. The van der Waals surface area contributed by atoms with Gasteiger partial charge in [-0.25, -0.2) is 4.39 Å². The first kappa shape index (κ1) is 12.0. The van der Waals surface area contributed by atoms with Crippen LogP contribution in [-0.4, -0.2) is 23.9 Å². The molecule has 0 spiro atoms. The van der Waals surface area contributed by atoms with Crippen molar-refractivity contribution in [1.29, 1.82) is 0 Å². The number of carbonyl (C=O) groups is 1. The standard InChI is InChI=1S/C10H12FNO2S/c1-15-9-3-2-6(4-8(9)11)7(5-12)10(13)14/h2-4,7H,5,12H2,1H3,(H,13,14). The Labute approximate surface area is 91.5 Å². The second-order valence-corrected chi connectivity index (χ2v) is 3.87. The highest BCUT2D eigenvalue weighted by atomic mass is 32.2. The normalized spacial score (nSPS) is 12.5. The van der Waals surface area contributed by atoms with Crippen LogP contribution in [0.2, 0.25) is 0 Å². The van der Waals surface area contributed by atoms with Crippen molar-refractivity contribution in [1.82, 2.24) is 0 Å². The van der Waals surface area contributed by atoms with Crippen LogP contribution in [0.15, 0.2) is 23.1 Å². The number of benzene rings is 1. The average Bonchev–Trinajstić information content (AvgIpc) is 2.18. The molecule has 0 heterocycles. The van der Waals surface area contributed by atoms with Crippen molar-refractivity contribution in [2.45, 2.75) is 10.8 Å². The molecule has 0 saturated heterocycles. The van der Waals surface area contributed by atoms with Crippen LogP contribution in [-0.2, 0) is 4.79 Å². The summed E-state index contributed by atoms with van der Waals surface area (Å²) < 4.78 is 13.4. The van der Waals surface area contributed by atoms with Gasteiger partial charge in [-0.15, -0.1) is 11.8 Å². The predicted molar refractivity (Wildman–Crippen MR) is 57.6 cm³/mol. The summed E-state index contributed by atoms with van der Waals surface area (Å²) in [7, 11) is 0. The zero-order chi connectivity index (χ0) is 11.4.